The quantitative estimate of drug-likeness (QED) is 0.512. The molecule has 1 heterocycles. The number of anilines is 1. The second-order valence-electron chi connectivity index (χ2n) is 5.11. The third-order valence-corrected chi connectivity index (χ3v) is 3.69. The number of allylic oxidation sites excluding steroid dienone is 1. The number of halogens is 2. The van der Waals surface area contributed by atoms with Gasteiger partial charge in [-0.05, 0) is 29.8 Å². The van der Waals surface area contributed by atoms with Gasteiger partial charge in [-0.2, -0.15) is 5.26 Å². The van der Waals surface area contributed by atoms with Gasteiger partial charge in [-0.25, -0.2) is 14.2 Å². The Kier molecular flexibility index (Phi) is 4.78. The second-order valence-corrected chi connectivity index (χ2v) is 5.47. The van der Waals surface area contributed by atoms with E-state index in [-0.39, 0.29) is 23.0 Å². The predicted octanol–water partition coefficient (Wildman–Crippen LogP) is 4.04. The summed E-state index contributed by atoms with van der Waals surface area (Å²) in [5, 5.41) is 12.2. The standard InChI is InChI=1S/C18H11ClFN3O2/c19-17-16(22-14-6-1-2-7-15(14)23-17)13(9-21)18(24)25-10-11-4-3-5-12(20)8-11/h1-8,22H,10H2. The molecule has 0 aromatic heterocycles. The van der Waals surface area contributed by atoms with E-state index < -0.39 is 11.8 Å². The second kappa shape index (κ2) is 7.16. The number of rotatable bonds is 3. The number of carbonyl (C=O) groups excluding carboxylic acids is 1. The lowest BCUT2D eigenvalue weighted by Gasteiger charge is -2.18. The van der Waals surface area contributed by atoms with Gasteiger partial charge >= 0.3 is 5.97 Å². The van der Waals surface area contributed by atoms with Crippen molar-refractivity contribution in [2.75, 3.05) is 5.32 Å². The van der Waals surface area contributed by atoms with Crippen LogP contribution in [0.15, 0.2) is 64.8 Å². The lowest BCUT2D eigenvalue weighted by atomic mass is 10.1. The molecule has 0 spiro atoms. The number of nitriles is 1. The van der Waals surface area contributed by atoms with Gasteiger partial charge in [0.05, 0.1) is 11.4 Å². The number of carbonyl (C=O) groups is 1. The number of hydrogen-bond acceptors (Lipinski definition) is 5. The van der Waals surface area contributed by atoms with Crippen molar-refractivity contribution in [3.63, 3.8) is 0 Å². The van der Waals surface area contributed by atoms with Gasteiger partial charge in [-0.15, -0.1) is 0 Å². The van der Waals surface area contributed by atoms with Crippen LogP contribution in [0.25, 0.3) is 0 Å². The Morgan fingerprint density at radius 3 is 2.84 bits per heavy atom. The Bertz CT molecular complexity index is 947. The van der Waals surface area contributed by atoms with Crippen LogP contribution in [0.1, 0.15) is 5.56 Å². The van der Waals surface area contributed by atoms with Crippen LogP contribution in [0.5, 0.6) is 0 Å². The topological polar surface area (TPSA) is 74.5 Å². The van der Waals surface area contributed by atoms with Crippen molar-refractivity contribution in [3.05, 3.63) is 71.2 Å². The number of ether oxygens (including phenoxy) is 1. The first kappa shape index (κ1) is 16.7. The largest absolute Gasteiger partial charge is 0.457 e. The van der Waals surface area contributed by atoms with Gasteiger partial charge in [0.25, 0.3) is 0 Å². The van der Waals surface area contributed by atoms with Crippen molar-refractivity contribution < 1.29 is 13.9 Å². The minimum atomic E-state index is -0.873. The minimum Gasteiger partial charge on any atom is -0.457 e. The van der Waals surface area contributed by atoms with Gasteiger partial charge in [0.15, 0.2) is 10.7 Å². The first-order chi connectivity index (χ1) is 12.1. The Morgan fingerprint density at radius 2 is 2.08 bits per heavy atom. The van der Waals surface area contributed by atoms with Gasteiger partial charge in [-0.3, -0.25) is 0 Å². The fourth-order valence-corrected chi connectivity index (χ4v) is 2.47. The molecule has 1 aliphatic rings. The molecule has 0 fully saturated rings. The maximum atomic E-state index is 13.2. The lowest BCUT2D eigenvalue weighted by Crippen LogP contribution is -2.18. The number of hydrogen-bond donors (Lipinski definition) is 1. The minimum absolute atomic E-state index is 0.0158. The molecule has 0 aliphatic carbocycles. The number of aliphatic imine (C=N–C) groups is 1. The zero-order valence-corrected chi connectivity index (χ0v) is 13.5. The van der Waals surface area contributed by atoms with E-state index in [4.69, 9.17) is 16.3 Å². The monoisotopic (exact) mass is 355 g/mol. The third kappa shape index (κ3) is 3.67. The highest BCUT2D eigenvalue weighted by Crippen LogP contribution is 2.32. The highest BCUT2D eigenvalue weighted by molar-refractivity contribution is 6.70. The molecule has 7 heteroatoms. The first-order valence-electron chi connectivity index (χ1n) is 7.25. The Hall–Kier alpha value is -3.17. The van der Waals surface area contributed by atoms with Gasteiger partial charge < -0.3 is 10.1 Å². The van der Waals surface area contributed by atoms with Crippen LogP contribution in [-0.4, -0.2) is 11.1 Å². The molecule has 0 amide bonds. The van der Waals surface area contributed by atoms with E-state index in [9.17, 15) is 14.4 Å². The molecule has 0 bridgehead atoms. The van der Waals surface area contributed by atoms with Crippen molar-refractivity contribution in [3.8, 4) is 6.07 Å². The van der Waals surface area contributed by atoms with E-state index in [1.807, 2.05) is 0 Å². The summed E-state index contributed by atoms with van der Waals surface area (Å²) in [5.74, 6) is -1.31. The van der Waals surface area contributed by atoms with Crippen LogP contribution < -0.4 is 5.32 Å². The molecule has 3 rings (SSSR count). The van der Waals surface area contributed by atoms with Gasteiger partial charge in [-0.1, -0.05) is 35.9 Å². The van der Waals surface area contributed by atoms with Crippen LogP contribution in [0.4, 0.5) is 15.8 Å². The molecule has 0 atom stereocenters. The summed E-state index contributed by atoms with van der Waals surface area (Å²) < 4.78 is 18.2. The van der Waals surface area contributed by atoms with Gasteiger partial charge in [0.1, 0.15) is 24.2 Å². The molecule has 2 aromatic carbocycles. The summed E-state index contributed by atoms with van der Waals surface area (Å²) in [6.45, 7) is -0.166. The average Bonchev–Trinajstić information content (AvgIpc) is 2.61. The average molecular weight is 356 g/mol. The molecular formula is C18H11ClFN3O2. The van der Waals surface area contributed by atoms with E-state index in [1.165, 1.54) is 18.2 Å². The molecule has 0 saturated carbocycles. The Labute approximate surface area is 148 Å². The van der Waals surface area contributed by atoms with E-state index in [0.717, 1.165) is 0 Å². The number of esters is 1. The van der Waals surface area contributed by atoms with Crippen molar-refractivity contribution in [1.82, 2.24) is 0 Å². The number of para-hydroxylation sites is 2. The summed E-state index contributed by atoms with van der Waals surface area (Å²) >= 11 is 6.09. The van der Waals surface area contributed by atoms with Crippen LogP contribution in [-0.2, 0) is 16.1 Å². The Morgan fingerprint density at radius 1 is 1.28 bits per heavy atom. The van der Waals surface area contributed by atoms with Crippen LogP contribution >= 0.6 is 11.6 Å². The van der Waals surface area contributed by atoms with E-state index in [1.54, 1.807) is 36.4 Å². The van der Waals surface area contributed by atoms with Crippen molar-refractivity contribution in [1.29, 1.82) is 5.26 Å². The van der Waals surface area contributed by atoms with E-state index in [0.29, 0.717) is 16.9 Å². The van der Waals surface area contributed by atoms with E-state index in [2.05, 4.69) is 10.3 Å². The van der Waals surface area contributed by atoms with Crippen LogP contribution in [0.2, 0.25) is 0 Å². The maximum Gasteiger partial charge on any atom is 0.351 e. The van der Waals surface area contributed by atoms with Crippen molar-refractivity contribution in [2.45, 2.75) is 6.61 Å². The van der Waals surface area contributed by atoms with E-state index >= 15 is 0 Å². The van der Waals surface area contributed by atoms with Crippen LogP contribution in [0, 0.1) is 17.1 Å². The number of nitrogens with one attached hydrogen (secondary N) is 1. The third-order valence-electron chi connectivity index (χ3n) is 3.41. The normalized spacial score (nSPS) is 14.5. The SMILES string of the molecule is N#CC(C(=O)OCc1cccc(F)c1)=C1Nc2ccccc2N=C1Cl. The number of fused-ring (bicyclic) bond motifs is 1. The van der Waals surface area contributed by atoms with Gasteiger partial charge in [0.2, 0.25) is 0 Å². The molecule has 5 nitrogen and oxygen atoms in total. The molecule has 1 aliphatic heterocycles. The zero-order chi connectivity index (χ0) is 17.8. The molecule has 0 radical (unpaired) electrons. The van der Waals surface area contributed by atoms with Crippen molar-refractivity contribution in [2.24, 2.45) is 4.99 Å². The summed E-state index contributed by atoms with van der Waals surface area (Å²) in [4.78, 5) is 16.4. The lowest BCUT2D eigenvalue weighted by molar-refractivity contribution is -0.139. The first-order valence-corrected chi connectivity index (χ1v) is 7.63. The molecule has 0 unspecified atom stereocenters. The van der Waals surface area contributed by atoms with Gasteiger partial charge in [0, 0.05) is 0 Å². The molecule has 2 aromatic rings. The van der Waals surface area contributed by atoms with Crippen molar-refractivity contribution >= 4 is 34.1 Å². The highest BCUT2D eigenvalue weighted by Gasteiger charge is 2.24. The smallest absolute Gasteiger partial charge is 0.351 e. The highest BCUT2D eigenvalue weighted by atomic mass is 35.5. The van der Waals surface area contributed by atoms with Crippen LogP contribution in [0.3, 0.4) is 0 Å². The summed E-state index contributed by atoms with van der Waals surface area (Å²) in [6.07, 6.45) is 0. The predicted molar refractivity (Wildman–Crippen MR) is 91.8 cm³/mol. The summed E-state index contributed by atoms with van der Waals surface area (Å²) in [6, 6.07) is 14.5. The fourth-order valence-electron chi connectivity index (χ4n) is 2.24. The summed E-state index contributed by atoms with van der Waals surface area (Å²) in [5.41, 5.74) is 1.46. The Balaban J connectivity index is 1.83. The molecule has 1 N–H and O–H groups in total. The fraction of sp³-hybridized carbons (Fsp3) is 0.0556. The molecular weight excluding hydrogens is 345 g/mol. The molecule has 124 valence electrons. The number of nitrogens with zero attached hydrogens (tertiary/aromatic N) is 2. The molecule has 25 heavy (non-hydrogen) atoms. The maximum absolute atomic E-state index is 13.2. The molecule has 0 saturated heterocycles. The number of benzene rings is 2. The summed E-state index contributed by atoms with van der Waals surface area (Å²) in [7, 11) is 0. The zero-order valence-electron chi connectivity index (χ0n) is 12.8.